The summed E-state index contributed by atoms with van der Waals surface area (Å²) < 4.78 is 24.7. The number of nitrogens with zero attached hydrogens (tertiary/aromatic N) is 2. The molecule has 5 nitrogen and oxygen atoms in total. The summed E-state index contributed by atoms with van der Waals surface area (Å²) in [5.41, 5.74) is 0.903. The van der Waals surface area contributed by atoms with Gasteiger partial charge in [0.15, 0.2) is 17.6 Å². The summed E-state index contributed by atoms with van der Waals surface area (Å²) in [6.45, 7) is 5.65. The van der Waals surface area contributed by atoms with Gasteiger partial charge in [0, 0.05) is 5.56 Å². The standard InChI is InChI=1S/C18H20FN3O2S/c1-4-22(11-13-7-8-15(23-3)14(19)10-13)12(2)17-20-21-18(24-17)16-6-5-9-25-16/h5-10,12H,4,11H2,1-3H3/p+1/t12-/m1/s1. The molecule has 3 rings (SSSR count). The molecule has 0 amide bonds. The van der Waals surface area contributed by atoms with Gasteiger partial charge in [-0.3, -0.25) is 0 Å². The van der Waals surface area contributed by atoms with Crippen LogP contribution in [0.5, 0.6) is 5.75 Å². The zero-order valence-corrected chi connectivity index (χ0v) is 15.3. The first-order valence-corrected chi connectivity index (χ1v) is 9.04. The largest absolute Gasteiger partial charge is 0.494 e. The van der Waals surface area contributed by atoms with E-state index < -0.39 is 0 Å². The third-order valence-electron chi connectivity index (χ3n) is 4.26. The van der Waals surface area contributed by atoms with Gasteiger partial charge in [0.25, 0.3) is 11.8 Å². The highest BCUT2D eigenvalue weighted by Crippen LogP contribution is 2.24. The summed E-state index contributed by atoms with van der Waals surface area (Å²) in [5, 5.41) is 10.3. The van der Waals surface area contributed by atoms with E-state index >= 15 is 0 Å². The number of quaternary nitrogens is 1. The Labute approximate surface area is 150 Å². The minimum atomic E-state index is -0.346. The Kier molecular flexibility index (Phi) is 5.45. The molecule has 0 saturated heterocycles. The number of methoxy groups -OCH3 is 1. The first-order valence-electron chi connectivity index (χ1n) is 8.16. The van der Waals surface area contributed by atoms with E-state index in [1.165, 1.54) is 18.1 Å². The molecule has 25 heavy (non-hydrogen) atoms. The first kappa shape index (κ1) is 17.6. The number of halogens is 1. The number of hydrogen-bond donors (Lipinski definition) is 1. The normalized spacial score (nSPS) is 13.6. The topological polar surface area (TPSA) is 52.6 Å². The van der Waals surface area contributed by atoms with Crippen LogP contribution in [0.25, 0.3) is 10.8 Å². The van der Waals surface area contributed by atoms with Crippen LogP contribution in [0.2, 0.25) is 0 Å². The van der Waals surface area contributed by atoms with Gasteiger partial charge in [-0.05, 0) is 43.5 Å². The van der Waals surface area contributed by atoms with E-state index in [1.807, 2.05) is 30.5 Å². The van der Waals surface area contributed by atoms with Crippen molar-refractivity contribution >= 4 is 11.3 Å². The first-order chi connectivity index (χ1) is 12.1. The van der Waals surface area contributed by atoms with E-state index in [2.05, 4.69) is 17.1 Å². The van der Waals surface area contributed by atoms with Crippen LogP contribution in [0.4, 0.5) is 4.39 Å². The van der Waals surface area contributed by atoms with Crippen molar-refractivity contribution in [3.05, 3.63) is 53.0 Å². The van der Waals surface area contributed by atoms with Crippen LogP contribution in [-0.4, -0.2) is 23.9 Å². The van der Waals surface area contributed by atoms with Crippen molar-refractivity contribution in [3.8, 4) is 16.5 Å². The molecule has 2 heterocycles. The second-order valence-electron chi connectivity index (χ2n) is 5.80. The molecule has 132 valence electrons. The van der Waals surface area contributed by atoms with Gasteiger partial charge in [0.2, 0.25) is 0 Å². The lowest BCUT2D eigenvalue weighted by Crippen LogP contribution is -3.10. The van der Waals surface area contributed by atoms with Crippen molar-refractivity contribution in [2.24, 2.45) is 0 Å². The van der Waals surface area contributed by atoms with Crippen molar-refractivity contribution in [2.45, 2.75) is 26.4 Å². The van der Waals surface area contributed by atoms with E-state index in [0.29, 0.717) is 18.3 Å². The highest BCUT2D eigenvalue weighted by molar-refractivity contribution is 7.13. The van der Waals surface area contributed by atoms with Crippen LogP contribution < -0.4 is 9.64 Å². The smallest absolute Gasteiger partial charge is 0.274 e. The molecule has 0 bridgehead atoms. The van der Waals surface area contributed by atoms with Gasteiger partial charge >= 0.3 is 0 Å². The lowest BCUT2D eigenvalue weighted by molar-refractivity contribution is -0.942. The number of aromatic nitrogens is 2. The number of nitrogens with one attached hydrogen (secondary N) is 1. The fraction of sp³-hybridized carbons (Fsp3) is 0.333. The quantitative estimate of drug-likeness (QED) is 0.702. The molecule has 0 saturated carbocycles. The molecule has 0 radical (unpaired) electrons. The predicted octanol–water partition coefficient (Wildman–Crippen LogP) is 3.11. The second kappa shape index (κ2) is 7.76. The fourth-order valence-corrected chi connectivity index (χ4v) is 3.39. The van der Waals surface area contributed by atoms with Gasteiger partial charge in [-0.2, -0.15) is 0 Å². The van der Waals surface area contributed by atoms with E-state index in [4.69, 9.17) is 9.15 Å². The Morgan fingerprint density at radius 2 is 2.16 bits per heavy atom. The number of ether oxygens (including phenoxy) is 1. The van der Waals surface area contributed by atoms with Crippen LogP contribution >= 0.6 is 11.3 Å². The molecule has 0 fully saturated rings. The van der Waals surface area contributed by atoms with E-state index in [1.54, 1.807) is 17.4 Å². The third-order valence-corrected chi connectivity index (χ3v) is 5.11. The predicted molar refractivity (Wildman–Crippen MR) is 94.2 cm³/mol. The molecule has 0 spiro atoms. The summed E-state index contributed by atoms with van der Waals surface area (Å²) in [4.78, 5) is 2.17. The van der Waals surface area contributed by atoms with Gasteiger partial charge in [0.1, 0.15) is 6.54 Å². The van der Waals surface area contributed by atoms with Crippen molar-refractivity contribution in [3.63, 3.8) is 0 Å². The Morgan fingerprint density at radius 1 is 1.32 bits per heavy atom. The summed E-state index contributed by atoms with van der Waals surface area (Å²) in [7, 11) is 1.46. The zero-order valence-electron chi connectivity index (χ0n) is 14.5. The average molecular weight is 362 g/mol. The fourth-order valence-electron chi connectivity index (χ4n) is 2.75. The minimum absolute atomic E-state index is 0.0105. The van der Waals surface area contributed by atoms with Crippen LogP contribution in [0, 0.1) is 5.82 Å². The minimum Gasteiger partial charge on any atom is -0.494 e. The van der Waals surface area contributed by atoms with Crippen molar-refractivity contribution in [2.75, 3.05) is 13.7 Å². The van der Waals surface area contributed by atoms with Gasteiger partial charge in [-0.25, -0.2) is 4.39 Å². The molecular weight excluding hydrogens is 341 g/mol. The lowest BCUT2D eigenvalue weighted by atomic mass is 10.1. The van der Waals surface area contributed by atoms with Crippen molar-refractivity contribution in [1.82, 2.24) is 10.2 Å². The van der Waals surface area contributed by atoms with Gasteiger partial charge in [-0.1, -0.05) is 6.07 Å². The second-order valence-corrected chi connectivity index (χ2v) is 6.75. The Balaban J connectivity index is 1.75. The van der Waals surface area contributed by atoms with Gasteiger partial charge < -0.3 is 14.1 Å². The maximum atomic E-state index is 13.9. The number of hydrogen-bond acceptors (Lipinski definition) is 5. The summed E-state index contributed by atoms with van der Waals surface area (Å²) in [6, 6.07) is 8.98. The lowest BCUT2D eigenvalue weighted by Gasteiger charge is -2.22. The molecule has 1 unspecified atom stereocenters. The number of rotatable bonds is 7. The third kappa shape index (κ3) is 3.88. The van der Waals surface area contributed by atoms with Crippen LogP contribution in [0.3, 0.4) is 0 Å². The highest BCUT2D eigenvalue weighted by Gasteiger charge is 2.25. The Hall–Kier alpha value is -2.25. The molecule has 7 heteroatoms. The van der Waals surface area contributed by atoms with Crippen molar-refractivity contribution < 1.29 is 18.4 Å². The summed E-state index contributed by atoms with van der Waals surface area (Å²) in [6.07, 6.45) is 0. The maximum absolute atomic E-state index is 13.9. The maximum Gasteiger partial charge on any atom is 0.274 e. The molecular formula is C18H21FN3O2S+. The molecule has 0 aliphatic rings. The molecule has 0 aliphatic heterocycles. The number of thiophene rings is 1. The summed E-state index contributed by atoms with van der Waals surface area (Å²) in [5.74, 6) is 1.05. The highest BCUT2D eigenvalue weighted by atomic mass is 32.1. The SMILES string of the molecule is CC[NH+](Cc1ccc(OC)c(F)c1)[C@H](C)c1nnc(-c2cccs2)o1. The van der Waals surface area contributed by atoms with Crippen molar-refractivity contribution in [1.29, 1.82) is 0 Å². The van der Waals surface area contributed by atoms with E-state index in [0.717, 1.165) is 17.0 Å². The molecule has 2 aromatic heterocycles. The van der Waals surface area contributed by atoms with E-state index in [-0.39, 0.29) is 17.6 Å². The molecule has 2 atom stereocenters. The number of benzene rings is 1. The van der Waals surface area contributed by atoms with Crippen LogP contribution in [0.15, 0.2) is 40.1 Å². The van der Waals surface area contributed by atoms with Crippen LogP contribution in [-0.2, 0) is 6.54 Å². The van der Waals surface area contributed by atoms with E-state index in [9.17, 15) is 4.39 Å². The van der Waals surface area contributed by atoms with Gasteiger partial charge in [-0.15, -0.1) is 21.5 Å². The molecule has 3 aromatic rings. The Morgan fingerprint density at radius 3 is 2.80 bits per heavy atom. The average Bonchev–Trinajstić information content (AvgIpc) is 3.30. The zero-order chi connectivity index (χ0) is 17.8. The van der Waals surface area contributed by atoms with Gasteiger partial charge in [0.05, 0.1) is 18.5 Å². The summed E-state index contributed by atoms with van der Waals surface area (Å²) >= 11 is 1.57. The monoisotopic (exact) mass is 362 g/mol. The Bertz CT molecular complexity index is 820. The molecule has 1 aromatic carbocycles. The van der Waals surface area contributed by atoms with Crippen LogP contribution in [0.1, 0.15) is 31.3 Å². The molecule has 1 N–H and O–H groups in total. The molecule has 0 aliphatic carbocycles.